The van der Waals surface area contributed by atoms with E-state index in [-0.39, 0.29) is 17.7 Å². The number of aromatic amines is 1. The summed E-state index contributed by atoms with van der Waals surface area (Å²) in [4.78, 5) is 21.4. The predicted octanol–water partition coefficient (Wildman–Crippen LogP) is 2.92. The number of piperazine rings is 1. The number of hydrogen-bond acceptors (Lipinski definition) is 8. The van der Waals surface area contributed by atoms with Crippen molar-refractivity contribution in [2.75, 3.05) is 39.9 Å². The monoisotopic (exact) mass is 529 g/mol. The molecule has 2 aliphatic rings. The number of nitrogens with zero attached hydrogens (tertiary/aromatic N) is 6. The van der Waals surface area contributed by atoms with Gasteiger partial charge in [0.05, 0.1) is 19.8 Å². The van der Waals surface area contributed by atoms with Gasteiger partial charge >= 0.3 is 0 Å². The van der Waals surface area contributed by atoms with Gasteiger partial charge in [0.25, 0.3) is 5.56 Å². The lowest BCUT2D eigenvalue weighted by molar-refractivity contribution is 0.0840. The summed E-state index contributed by atoms with van der Waals surface area (Å²) < 4.78 is 13.1. The number of H-pyrrole nitrogens is 1. The molecule has 2 saturated heterocycles. The maximum Gasteiger partial charge on any atom is 0.253 e. The minimum atomic E-state index is -0.367. The van der Waals surface area contributed by atoms with Crippen molar-refractivity contribution in [2.45, 2.75) is 45.0 Å². The maximum atomic E-state index is 13.5. The van der Waals surface area contributed by atoms with Crippen LogP contribution in [0.5, 0.6) is 5.75 Å². The van der Waals surface area contributed by atoms with E-state index in [4.69, 9.17) is 9.47 Å². The first-order valence-corrected chi connectivity index (χ1v) is 13.7. The Hall–Kier alpha value is -3.60. The Balaban J connectivity index is 1.30. The van der Waals surface area contributed by atoms with Crippen molar-refractivity contribution in [3.05, 3.63) is 81.4 Å². The number of pyridine rings is 1. The zero-order valence-corrected chi connectivity index (χ0v) is 22.5. The summed E-state index contributed by atoms with van der Waals surface area (Å²) >= 11 is 0. The third kappa shape index (κ3) is 5.59. The number of ether oxygens (including phenoxy) is 2. The van der Waals surface area contributed by atoms with E-state index in [0.29, 0.717) is 17.9 Å². The molecule has 0 saturated carbocycles. The molecule has 2 atom stereocenters. The van der Waals surface area contributed by atoms with E-state index >= 15 is 0 Å². The second-order valence-electron chi connectivity index (χ2n) is 10.6. The van der Waals surface area contributed by atoms with Crippen LogP contribution in [-0.2, 0) is 17.8 Å². The van der Waals surface area contributed by atoms with E-state index in [1.54, 1.807) is 7.11 Å². The molecule has 0 bridgehead atoms. The number of methoxy groups -OCH3 is 1. The van der Waals surface area contributed by atoms with Crippen LogP contribution >= 0.6 is 0 Å². The quantitative estimate of drug-likeness (QED) is 0.372. The van der Waals surface area contributed by atoms with Crippen LogP contribution in [0.15, 0.2) is 53.3 Å². The lowest BCUT2D eigenvalue weighted by Crippen LogP contribution is -2.48. The Labute approximate surface area is 227 Å². The van der Waals surface area contributed by atoms with Gasteiger partial charge in [-0.3, -0.25) is 14.6 Å². The van der Waals surface area contributed by atoms with E-state index < -0.39 is 0 Å². The fourth-order valence-corrected chi connectivity index (χ4v) is 5.77. The number of aryl methyl sites for hydroxylation is 1. The van der Waals surface area contributed by atoms with E-state index in [1.807, 2.05) is 35.0 Å². The van der Waals surface area contributed by atoms with Gasteiger partial charge in [0.15, 0.2) is 5.82 Å². The van der Waals surface area contributed by atoms with Gasteiger partial charge in [-0.15, -0.1) is 5.10 Å². The molecule has 0 radical (unpaired) electrons. The van der Waals surface area contributed by atoms with Gasteiger partial charge in [-0.25, -0.2) is 4.68 Å². The molecule has 4 aromatic rings. The van der Waals surface area contributed by atoms with Gasteiger partial charge < -0.3 is 14.5 Å². The van der Waals surface area contributed by atoms with Gasteiger partial charge in [-0.05, 0) is 71.5 Å². The van der Waals surface area contributed by atoms with Crippen LogP contribution in [0.4, 0.5) is 0 Å². The second kappa shape index (κ2) is 11.3. The molecule has 2 aromatic carbocycles. The lowest BCUT2D eigenvalue weighted by Gasteiger charge is -2.38. The topological polar surface area (TPSA) is 101 Å². The molecule has 0 amide bonds. The zero-order valence-electron chi connectivity index (χ0n) is 22.5. The molecule has 2 aromatic heterocycles. The van der Waals surface area contributed by atoms with Crippen LogP contribution in [0.25, 0.3) is 10.9 Å². The standard InChI is InChI=1S/C29H35N7O3/c1-20-8-9-26-22(15-20)17-25(29(37)30-26)27(28-31-32-33-36(28)19-24-7-4-14-39-24)35-12-10-34(11-13-35)18-21-5-3-6-23(16-21)38-2/h3,5-6,8-9,15-17,24,27H,4,7,10-14,18-19H2,1-2H3,(H,30,37)/t24-,27-/m1/s1. The molecule has 0 unspecified atom stereocenters. The van der Waals surface area contributed by atoms with Crippen molar-refractivity contribution >= 4 is 10.9 Å². The van der Waals surface area contributed by atoms with Crippen LogP contribution < -0.4 is 10.3 Å². The van der Waals surface area contributed by atoms with Crippen molar-refractivity contribution < 1.29 is 9.47 Å². The number of tetrazole rings is 1. The molecule has 10 nitrogen and oxygen atoms in total. The van der Waals surface area contributed by atoms with Crippen molar-refractivity contribution in [1.82, 2.24) is 35.0 Å². The molecular formula is C29H35N7O3. The minimum Gasteiger partial charge on any atom is -0.497 e. The second-order valence-corrected chi connectivity index (χ2v) is 10.6. The van der Waals surface area contributed by atoms with Gasteiger partial charge in [-0.2, -0.15) is 0 Å². The number of aromatic nitrogens is 5. The highest BCUT2D eigenvalue weighted by Crippen LogP contribution is 2.29. The fourth-order valence-electron chi connectivity index (χ4n) is 5.77. The third-order valence-corrected chi connectivity index (χ3v) is 7.84. The van der Waals surface area contributed by atoms with Crippen LogP contribution in [0.3, 0.4) is 0 Å². The Morgan fingerprint density at radius 1 is 1.13 bits per heavy atom. The Bertz CT molecular complexity index is 1490. The number of rotatable bonds is 8. The van der Waals surface area contributed by atoms with E-state index in [2.05, 4.69) is 55.4 Å². The number of benzene rings is 2. The highest BCUT2D eigenvalue weighted by Gasteiger charge is 2.33. The number of fused-ring (bicyclic) bond motifs is 1. The minimum absolute atomic E-state index is 0.0881. The molecule has 39 heavy (non-hydrogen) atoms. The molecule has 2 fully saturated rings. The fraction of sp³-hybridized carbons (Fsp3) is 0.448. The van der Waals surface area contributed by atoms with Crippen LogP contribution in [0.2, 0.25) is 0 Å². The largest absolute Gasteiger partial charge is 0.497 e. The first-order chi connectivity index (χ1) is 19.1. The molecule has 204 valence electrons. The molecular weight excluding hydrogens is 494 g/mol. The molecule has 10 heteroatoms. The van der Waals surface area contributed by atoms with Crippen molar-refractivity contribution in [1.29, 1.82) is 0 Å². The first kappa shape index (κ1) is 25.7. The predicted molar refractivity (Wildman–Crippen MR) is 148 cm³/mol. The van der Waals surface area contributed by atoms with Gasteiger partial charge in [0.1, 0.15) is 11.8 Å². The Kier molecular flexibility index (Phi) is 7.40. The summed E-state index contributed by atoms with van der Waals surface area (Å²) in [6, 6.07) is 15.9. The molecule has 0 spiro atoms. The molecule has 1 N–H and O–H groups in total. The Morgan fingerprint density at radius 3 is 2.79 bits per heavy atom. The highest BCUT2D eigenvalue weighted by atomic mass is 16.5. The summed E-state index contributed by atoms with van der Waals surface area (Å²) in [5, 5.41) is 13.9. The van der Waals surface area contributed by atoms with E-state index in [0.717, 1.165) is 74.4 Å². The first-order valence-electron chi connectivity index (χ1n) is 13.7. The average molecular weight is 530 g/mol. The summed E-state index contributed by atoms with van der Waals surface area (Å²) in [7, 11) is 1.69. The summed E-state index contributed by atoms with van der Waals surface area (Å²) in [5.74, 6) is 1.55. The maximum absolute atomic E-state index is 13.5. The smallest absolute Gasteiger partial charge is 0.253 e. The Morgan fingerprint density at radius 2 is 2.00 bits per heavy atom. The third-order valence-electron chi connectivity index (χ3n) is 7.84. The van der Waals surface area contributed by atoms with Crippen LogP contribution in [0.1, 0.15) is 41.4 Å². The van der Waals surface area contributed by atoms with Crippen molar-refractivity contribution in [3.63, 3.8) is 0 Å². The number of hydrogen-bond donors (Lipinski definition) is 1. The summed E-state index contributed by atoms with van der Waals surface area (Å²) in [5.41, 5.74) is 3.75. The average Bonchev–Trinajstić information content (AvgIpc) is 3.63. The molecule has 2 aliphatic heterocycles. The summed E-state index contributed by atoms with van der Waals surface area (Å²) in [6.45, 7) is 7.56. The van der Waals surface area contributed by atoms with E-state index in [1.165, 1.54) is 5.56 Å². The van der Waals surface area contributed by atoms with Crippen molar-refractivity contribution in [3.8, 4) is 5.75 Å². The zero-order chi connectivity index (χ0) is 26.8. The van der Waals surface area contributed by atoms with E-state index in [9.17, 15) is 4.79 Å². The number of nitrogens with one attached hydrogen (secondary N) is 1. The van der Waals surface area contributed by atoms with Gasteiger partial charge in [-0.1, -0.05) is 23.8 Å². The molecule has 4 heterocycles. The summed E-state index contributed by atoms with van der Waals surface area (Å²) in [6.07, 6.45) is 2.12. The van der Waals surface area contributed by atoms with Gasteiger partial charge in [0.2, 0.25) is 0 Å². The normalized spacial score (nSPS) is 19.5. The van der Waals surface area contributed by atoms with Gasteiger partial charge in [0, 0.05) is 50.4 Å². The van der Waals surface area contributed by atoms with Crippen LogP contribution in [0, 0.1) is 6.92 Å². The lowest BCUT2D eigenvalue weighted by atomic mass is 10.0. The SMILES string of the molecule is COc1cccc(CN2CCN([C@H](c3cc4cc(C)ccc4[nH]c3=O)c3nnnn3C[C@H]3CCCO3)CC2)c1. The highest BCUT2D eigenvalue weighted by molar-refractivity contribution is 5.79. The molecule has 0 aliphatic carbocycles. The van der Waals surface area contributed by atoms with Crippen molar-refractivity contribution in [2.24, 2.45) is 0 Å². The molecule has 6 rings (SSSR count). The van der Waals surface area contributed by atoms with Crippen LogP contribution in [-0.4, -0.2) is 81.0 Å².